The minimum atomic E-state index is 0.634. The molecule has 1 heterocycles. The van der Waals surface area contributed by atoms with Crippen molar-refractivity contribution < 1.29 is 4.74 Å². The van der Waals surface area contributed by atoms with Gasteiger partial charge in [0.25, 0.3) is 0 Å². The summed E-state index contributed by atoms with van der Waals surface area (Å²) in [6.07, 6.45) is 2.48. The predicted molar refractivity (Wildman–Crippen MR) is 66.5 cm³/mol. The Morgan fingerprint density at radius 1 is 1.44 bits per heavy atom. The standard InChI is InChI=1S/C11H18ClN3O/c1-4-15(7-5-6-12)10-9(2)11(16-3)14-8-13-10/h8H,4-7H2,1-3H3. The third-order valence-corrected chi connectivity index (χ3v) is 2.71. The molecule has 0 atom stereocenters. The third-order valence-electron chi connectivity index (χ3n) is 2.45. The van der Waals surface area contributed by atoms with E-state index in [0.717, 1.165) is 30.9 Å². The van der Waals surface area contributed by atoms with E-state index in [1.54, 1.807) is 7.11 Å². The molecule has 90 valence electrons. The van der Waals surface area contributed by atoms with E-state index in [1.165, 1.54) is 6.33 Å². The Labute approximate surface area is 102 Å². The first-order valence-corrected chi connectivity index (χ1v) is 5.94. The fourth-order valence-electron chi connectivity index (χ4n) is 1.61. The molecule has 16 heavy (non-hydrogen) atoms. The molecule has 0 spiro atoms. The fraction of sp³-hybridized carbons (Fsp3) is 0.636. The molecule has 0 saturated heterocycles. The highest BCUT2D eigenvalue weighted by Gasteiger charge is 2.12. The number of halogens is 1. The Morgan fingerprint density at radius 2 is 2.19 bits per heavy atom. The second-order valence-corrected chi connectivity index (χ2v) is 3.83. The van der Waals surface area contributed by atoms with Crippen LogP contribution in [0.2, 0.25) is 0 Å². The number of ether oxygens (including phenoxy) is 1. The zero-order valence-corrected chi connectivity index (χ0v) is 10.8. The quantitative estimate of drug-likeness (QED) is 0.719. The van der Waals surface area contributed by atoms with Gasteiger partial charge in [0.15, 0.2) is 0 Å². The van der Waals surface area contributed by atoms with Crippen LogP contribution >= 0.6 is 11.6 Å². The summed E-state index contributed by atoms with van der Waals surface area (Å²) in [5.41, 5.74) is 0.974. The van der Waals surface area contributed by atoms with Gasteiger partial charge in [-0.05, 0) is 20.3 Å². The number of anilines is 1. The minimum absolute atomic E-state index is 0.634. The average Bonchev–Trinajstić information content (AvgIpc) is 2.32. The highest BCUT2D eigenvalue weighted by Crippen LogP contribution is 2.23. The van der Waals surface area contributed by atoms with Crippen LogP contribution in [0.5, 0.6) is 5.88 Å². The zero-order valence-electron chi connectivity index (χ0n) is 10.0. The van der Waals surface area contributed by atoms with Crippen molar-refractivity contribution in [3.8, 4) is 5.88 Å². The molecule has 0 bridgehead atoms. The van der Waals surface area contributed by atoms with Crippen LogP contribution in [0, 0.1) is 6.92 Å². The summed E-state index contributed by atoms with van der Waals surface area (Å²) in [7, 11) is 1.62. The van der Waals surface area contributed by atoms with Crippen molar-refractivity contribution in [1.82, 2.24) is 9.97 Å². The van der Waals surface area contributed by atoms with E-state index in [-0.39, 0.29) is 0 Å². The second kappa shape index (κ2) is 6.53. The van der Waals surface area contributed by atoms with Gasteiger partial charge in [-0.1, -0.05) is 0 Å². The van der Waals surface area contributed by atoms with E-state index < -0.39 is 0 Å². The Balaban J connectivity index is 2.91. The lowest BCUT2D eigenvalue weighted by molar-refractivity contribution is 0.393. The number of rotatable bonds is 6. The fourth-order valence-corrected chi connectivity index (χ4v) is 1.73. The summed E-state index contributed by atoms with van der Waals surface area (Å²) in [6.45, 7) is 5.87. The van der Waals surface area contributed by atoms with Crippen molar-refractivity contribution >= 4 is 17.4 Å². The van der Waals surface area contributed by atoms with Gasteiger partial charge in [-0.2, -0.15) is 0 Å². The first-order chi connectivity index (χ1) is 7.74. The van der Waals surface area contributed by atoms with Gasteiger partial charge in [-0.15, -0.1) is 11.6 Å². The molecule has 0 aromatic carbocycles. The van der Waals surface area contributed by atoms with Crippen molar-refractivity contribution in [1.29, 1.82) is 0 Å². The lowest BCUT2D eigenvalue weighted by Crippen LogP contribution is -2.26. The second-order valence-electron chi connectivity index (χ2n) is 3.45. The molecule has 0 radical (unpaired) electrons. The largest absolute Gasteiger partial charge is 0.481 e. The van der Waals surface area contributed by atoms with Gasteiger partial charge in [0, 0.05) is 19.0 Å². The van der Waals surface area contributed by atoms with Crippen LogP contribution in [0.4, 0.5) is 5.82 Å². The highest BCUT2D eigenvalue weighted by molar-refractivity contribution is 6.17. The highest BCUT2D eigenvalue weighted by atomic mass is 35.5. The molecule has 0 N–H and O–H groups in total. The van der Waals surface area contributed by atoms with E-state index in [0.29, 0.717) is 11.8 Å². The summed E-state index contributed by atoms with van der Waals surface area (Å²) < 4.78 is 5.18. The van der Waals surface area contributed by atoms with Crippen LogP contribution < -0.4 is 9.64 Å². The number of nitrogens with zero attached hydrogens (tertiary/aromatic N) is 3. The van der Waals surface area contributed by atoms with Crippen LogP contribution in [0.15, 0.2) is 6.33 Å². The van der Waals surface area contributed by atoms with Gasteiger partial charge >= 0.3 is 0 Å². The lowest BCUT2D eigenvalue weighted by Gasteiger charge is -2.23. The SMILES string of the molecule is CCN(CCCCl)c1ncnc(OC)c1C. The Bertz CT molecular complexity index is 333. The molecule has 0 unspecified atom stereocenters. The molecular formula is C11H18ClN3O. The lowest BCUT2D eigenvalue weighted by atomic mass is 10.3. The van der Waals surface area contributed by atoms with Crippen molar-refractivity contribution in [2.75, 3.05) is 31.0 Å². The van der Waals surface area contributed by atoms with Crippen molar-refractivity contribution in [2.45, 2.75) is 20.3 Å². The molecule has 0 amide bonds. The van der Waals surface area contributed by atoms with Gasteiger partial charge in [0.05, 0.1) is 12.7 Å². The zero-order chi connectivity index (χ0) is 12.0. The Morgan fingerprint density at radius 3 is 2.75 bits per heavy atom. The summed E-state index contributed by atoms with van der Waals surface area (Å²) in [4.78, 5) is 10.6. The topological polar surface area (TPSA) is 38.2 Å². The Kier molecular flexibility index (Phi) is 5.32. The first-order valence-electron chi connectivity index (χ1n) is 5.41. The van der Waals surface area contributed by atoms with Crippen LogP contribution in [-0.2, 0) is 0 Å². The monoisotopic (exact) mass is 243 g/mol. The predicted octanol–water partition coefficient (Wildman–Crippen LogP) is 2.25. The van der Waals surface area contributed by atoms with E-state index in [4.69, 9.17) is 16.3 Å². The molecule has 0 saturated carbocycles. The van der Waals surface area contributed by atoms with E-state index in [9.17, 15) is 0 Å². The first kappa shape index (κ1) is 13.0. The molecule has 5 heteroatoms. The number of alkyl halides is 1. The van der Waals surface area contributed by atoms with Crippen molar-refractivity contribution in [2.24, 2.45) is 0 Å². The summed E-state index contributed by atoms with van der Waals surface area (Å²) >= 11 is 5.70. The number of hydrogen-bond acceptors (Lipinski definition) is 4. The van der Waals surface area contributed by atoms with Crippen molar-refractivity contribution in [3.05, 3.63) is 11.9 Å². The van der Waals surface area contributed by atoms with Crippen LogP contribution in [0.3, 0.4) is 0 Å². The molecule has 0 aliphatic rings. The smallest absolute Gasteiger partial charge is 0.221 e. The number of aromatic nitrogens is 2. The molecule has 1 aromatic rings. The summed E-state index contributed by atoms with van der Waals surface area (Å²) in [5, 5.41) is 0. The number of hydrogen-bond donors (Lipinski definition) is 0. The normalized spacial score (nSPS) is 10.2. The van der Waals surface area contributed by atoms with Gasteiger partial charge < -0.3 is 9.64 Å². The van der Waals surface area contributed by atoms with Crippen molar-refractivity contribution in [3.63, 3.8) is 0 Å². The van der Waals surface area contributed by atoms with Gasteiger partial charge in [-0.25, -0.2) is 9.97 Å². The van der Waals surface area contributed by atoms with Crippen LogP contribution in [0.1, 0.15) is 18.9 Å². The van der Waals surface area contributed by atoms with Gasteiger partial charge in [0.2, 0.25) is 5.88 Å². The molecule has 1 rings (SSSR count). The minimum Gasteiger partial charge on any atom is -0.481 e. The maximum Gasteiger partial charge on any atom is 0.221 e. The van der Waals surface area contributed by atoms with E-state index >= 15 is 0 Å². The maximum absolute atomic E-state index is 5.70. The van der Waals surface area contributed by atoms with Crippen LogP contribution in [-0.4, -0.2) is 36.0 Å². The molecule has 1 aromatic heterocycles. The summed E-state index contributed by atoms with van der Waals surface area (Å²) in [5.74, 6) is 2.23. The number of methoxy groups -OCH3 is 1. The average molecular weight is 244 g/mol. The molecule has 0 fully saturated rings. The van der Waals surface area contributed by atoms with Crippen LogP contribution in [0.25, 0.3) is 0 Å². The maximum atomic E-state index is 5.70. The molecule has 0 aliphatic carbocycles. The van der Waals surface area contributed by atoms with E-state index in [1.807, 2.05) is 6.92 Å². The third kappa shape index (κ3) is 2.98. The molecular weight excluding hydrogens is 226 g/mol. The molecule has 0 aliphatic heterocycles. The van der Waals surface area contributed by atoms with Gasteiger partial charge in [-0.3, -0.25) is 0 Å². The van der Waals surface area contributed by atoms with E-state index in [2.05, 4.69) is 21.8 Å². The summed E-state index contributed by atoms with van der Waals surface area (Å²) in [6, 6.07) is 0. The van der Waals surface area contributed by atoms with Gasteiger partial charge in [0.1, 0.15) is 12.1 Å². The molecule has 4 nitrogen and oxygen atoms in total. The Hall–Kier alpha value is -1.03.